The minimum atomic E-state index is 0.601. The molecule has 0 fully saturated rings. The van der Waals surface area contributed by atoms with Crippen LogP contribution in [0.25, 0.3) is 126 Å². The summed E-state index contributed by atoms with van der Waals surface area (Å²) in [7, 11) is 0. The van der Waals surface area contributed by atoms with Crippen LogP contribution in [0, 0.1) is 0 Å². The Balaban J connectivity index is 0.993. The Kier molecular flexibility index (Phi) is 9.00. The van der Waals surface area contributed by atoms with Crippen LogP contribution in [-0.2, 0) is 0 Å². The van der Waals surface area contributed by atoms with Crippen molar-refractivity contribution in [3.8, 4) is 73.2 Å². The highest BCUT2D eigenvalue weighted by molar-refractivity contribution is 7.26. The summed E-state index contributed by atoms with van der Waals surface area (Å²) in [6.07, 6.45) is 0. The molecule has 4 nitrogen and oxygen atoms in total. The van der Waals surface area contributed by atoms with Crippen molar-refractivity contribution in [3.05, 3.63) is 231 Å². The molecule has 3 heterocycles. The minimum absolute atomic E-state index is 0.601. The summed E-state index contributed by atoms with van der Waals surface area (Å²) < 4.78 is 4.96. The first-order valence-corrected chi connectivity index (χ1v) is 23.1. The second-order valence-electron chi connectivity index (χ2n) is 16.8. The van der Waals surface area contributed by atoms with E-state index in [1.165, 1.54) is 47.3 Å². The molecule has 13 aromatic rings. The number of benzene rings is 10. The van der Waals surface area contributed by atoms with Gasteiger partial charge in [0.2, 0.25) is 0 Å². The van der Waals surface area contributed by atoms with E-state index in [0.717, 1.165) is 61.2 Å². The first-order chi connectivity index (χ1) is 32.7. The minimum Gasteiger partial charge on any atom is -0.308 e. The van der Waals surface area contributed by atoms with Crippen LogP contribution in [-0.4, -0.2) is 19.5 Å². The molecule has 13 rings (SSSR count). The molecule has 0 N–H and O–H groups in total. The number of hydrogen-bond acceptors (Lipinski definition) is 4. The van der Waals surface area contributed by atoms with Crippen molar-refractivity contribution in [2.24, 2.45) is 0 Å². The molecule has 0 radical (unpaired) electrons. The Hall–Kier alpha value is -8.51. The molecule has 0 spiro atoms. The smallest absolute Gasteiger partial charge is 0.166 e. The molecule has 308 valence electrons. The van der Waals surface area contributed by atoms with Gasteiger partial charge in [-0.15, -0.1) is 11.3 Å². The third-order valence-electron chi connectivity index (χ3n) is 12.9. The maximum atomic E-state index is 5.37. The lowest BCUT2D eigenvalue weighted by Crippen LogP contribution is -2.04. The van der Waals surface area contributed by atoms with Gasteiger partial charge >= 0.3 is 0 Å². The maximum Gasteiger partial charge on any atom is 0.166 e. The van der Waals surface area contributed by atoms with Gasteiger partial charge in [-0.25, -0.2) is 15.0 Å². The van der Waals surface area contributed by atoms with E-state index in [-0.39, 0.29) is 0 Å². The fourth-order valence-electron chi connectivity index (χ4n) is 9.61. The van der Waals surface area contributed by atoms with Crippen molar-refractivity contribution in [1.29, 1.82) is 0 Å². The predicted molar refractivity (Wildman–Crippen MR) is 277 cm³/mol. The molecule has 0 unspecified atom stereocenters. The number of nitrogens with zero attached hydrogens (tertiary/aromatic N) is 4. The van der Waals surface area contributed by atoms with Gasteiger partial charge in [0, 0.05) is 47.6 Å². The molecular formula is C61H38N4S. The lowest BCUT2D eigenvalue weighted by molar-refractivity contribution is 1.06. The summed E-state index contributed by atoms with van der Waals surface area (Å²) in [4.78, 5) is 16.0. The van der Waals surface area contributed by atoms with Gasteiger partial charge in [-0.1, -0.05) is 194 Å². The number of hydrogen-bond donors (Lipinski definition) is 0. The molecule has 0 saturated heterocycles. The third-order valence-corrected chi connectivity index (χ3v) is 14.1. The molecule has 0 aliphatic heterocycles. The maximum absolute atomic E-state index is 5.37. The number of thiophene rings is 1. The van der Waals surface area contributed by atoms with Gasteiger partial charge < -0.3 is 4.57 Å². The molecule has 0 amide bonds. The standard InChI is InChI=1S/C61H38N4S/c1-2-13-39(14-3-1)47-35-36-53(56(38-47)65-54-22-9-6-17-49(54)50-18-7-10-23-55(50)65)61-63-59(43-30-25-41(26-31-43)46-34-27-40-15-4-5-16-45(40)37-46)62-60(64-61)44-32-28-42(29-33-44)48-20-12-21-52-51-19-8-11-24-57(51)66-58(48)52/h1-38H. The van der Waals surface area contributed by atoms with Crippen molar-refractivity contribution in [3.63, 3.8) is 0 Å². The lowest BCUT2D eigenvalue weighted by atomic mass is 10.00. The number of aromatic nitrogens is 4. The molecule has 0 atom stereocenters. The average molecular weight is 859 g/mol. The van der Waals surface area contributed by atoms with E-state index in [9.17, 15) is 0 Å². The van der Waals surface area contributed by atoms with Gasteiger partial charge in [0.15, 0.2) is 17.5 Å². The van der Waals surface area contributed by atoms with Crippen molar-refractivity contribution in [1.82, 2.24) is 19.5 Å². The van der Waals surface area contributed by atoms with Gasteiger partial charge in [-0.2, -0.15) is 0 Å². The highest BCUT2D eigenvalue weighted by Gasteiger charge is 2.21. The quantitative estimate of drug-likeness (QED) is 0.160. The van der Waals surface area contributed by atoms with E-state index in [1.54, 1.807) is 0 Å². The van der Waals surface area contributed by atoms with Gasteiger partial charge in [-0.3, -0.25) is 0 Å². The van der Waals surface area contributed by atoms with Crippen molar-refractivity contribution in [2.75, 3.05) is 0 Å². The SMILES string of the molecule is c1ccc(-c2ccc(-c3nc(-c4ccc(-c5ccc6ccccc6c5)cc4)nc(-c4ccc(-c5cccc6c5sc5ccccc56)cc4)n3)c(-n3c4ccccc4c4ccccc43)c2)cc1. The van der Waals surface area contributed by atoms with Crippen molar-refractivity contribution < 1.29 is 0 Å². The molecule has 0 aliphatic carbocycles. The van der Waals surface area contributed by atoms with E-state index in [2.05, 4.69) is 235 Å². The first-order valence-electron chi connectivity index (χ1n) is 22.3. The van der Waals surface area contributed by atoms with Crippen LogP contribution >= 0.6 is 11.3 Å². The Labute approximate surface area is 385 Å². The highest BCUT2D eigenvalue weighted by atomic mass is 32.1. The molecule has 5 heteroatoms. The van der Waals surface area contributed by atoms with E-state index in [1.807, 2.05) is 11.3 Å². The summed E-state index contributed by atoms with van der Waals surface area (Å²) in [6, 6.07) is 82.2. The molecule has 0 saturated carbocycles. The van der Waals surface area contributed by atoms with Crippen LogP contribution < -0.4 is 0 Å². The van der Waals surface area contributed by atoms with E-state index in [0.29, 0.717) is 17.5 Å². The second kappa shape index (κ2) is 15.6. The zero-order valence-corrected chi connectivity index (χ0v) is 36.5. The van der Waals surface area contributed by atoms with E-state index in [4.69, 9.17) is 15.0 Å². The first kappa shape index (κ1) is 38.0. The Bertz CT molecular complexity index is 3930. The third kappa shape index (κ3) is 6.48. The second-order valence-corrected chi connectivity index (χ2v) is 17.8. The van der Waals surface area contributed by atoms with Crippen LogP contribution in [0.15, 0.2) is 231 Å². The number of para-hydroxylation sites is 2. The summed E-state index contributed by atoms with van der Waals surface area (Å²) in [5, 5.41) is 7.41. The molecular weight excluding hydrogens is 821 g/mol. The fraction of sp³-hybridized carbons (Fsp3) is 0. The average Bonchev–Trinajstić information content (AvgIpc) is 3.95. The Morgan fingerprint density at radius 2 is 0.818 bits per heavy atom. The van der Waals surface area contributed by atoms with Crippen LogP contribution in [0.3, 0.4) is 0 Å². The highest BCUT2D eigenvalue weighted by Crippen LogP contribution is 2.41. The fourth-order valence-corrected chi connectivity index (χ4v) is 10.8. The predicted octanol–water partition coefficient (Wildman–Crippen LogP) is 16.5. The van der Waals surface area contributed by atoms with Gasteiger partial charge in [0.05, 0.1) is 16.7 Å². The van der Waals surface area contributed by atoms with Crippen LogP contribution in [0.1, 0.15) is 0 Å². The van der Waals surface area contributed by atoms with E-state index >= 15 is 0 Å². The van der Waals surface area contributed by atoms with E-state index < -0.39 is 0 Å². The molecule has 66 heavy (non-hydrogen) atoms. The topological polar surface area (TPSA) is 43.6 Å². The molecule has 3 aromatic heterocycles. The number of rotatable bonds is 7. The van der Waals surface area contributed by atoms with Crippen molar-refractivity contribution in [2.45, 2.75) is 0 Å². The summed E-state index contributed by atoms with van der Waals surface area (Å²) >= 11 is 1.85. The van der Waals surface area contributed by atoms with Crippen molar-refractivity contribution >= 4 is 64.1 Å². The normalized spacial score (nSPS) is 11.6. The van der Waals surface area contributed by atoms with Crippen LogP contribution in [0.5, 0.6) is 0 Å². The lowest BCUT2D eigenvalue weighted by Gasteiger charge is -2.16. The zero-order valence-electron chi connectivity index (χ0n) is 35.6. The Morgan fingerprint density at radius 3 is 1.55 bits per heavy atom. The van der Waals surface area contributed by atoms with Crippen LogP contribution in [0.2, 0.25) is 0 Å². The Morgan fingerprint density at radius 1 is 0.303 bits per heavy atom. The molecule has 0 aliphatic rings. The summed E-state index contributed by atoms with van der Waals surface area (Å²) in [5.74, 6) is 1.82. The number of fused-ring (bicyclic) bond motifs is 7. The molecule has 10 aromatic carbocycles. The monoisotopic (exact) mass is 858 g/mol. The largest absolute Gasteiger partial charge is 0.308 e. The molecule has 0 bridgehead atoms. The van der Waals surface area contributed by atoms with Gasteiger partial charge in [0.25, 0.3) is 0 Å². The van der Waals surface area contributed by atoms with Gasteiger partial charge in [-0.05, 0) is 80.6 Å². The van der Waals surface area contributed by atoms with Crippen LogP contribution in [0.4, 0.5) is 0 Å². The summed E-state index contributed by atoms with van der Waals surface area (Å²) in [6.45, 7) is 0. The zero-order chi connectivity index (χ0) is 43.6. The summed E-state index contributed by atoms with van der Waals surface area (Å²) in [5.41, 5.74) is 12.9. The van der Waals surface area contributed by atoms with Gasteiger partial charge in [0.1, 0.15) is 0 Å².